The van der Waals surface area contributed by atoms with Crippen LogP contribution < -0.4 is 0 Å². The van der Waals surface area contributed by atoms with Gasteiger partial charge in [-0.1, -0.05) is 13.0 Å². The SMILES string of the molecule is Cc1cc2ccccc2[cH-]1.[CH-]1CC1.[Zr+2]. The van der Waals surface area contributed by atoms with E-state index in [1.807, 2.05) is 0 Å². The molecule has 70 valence electrons. The van der Waals surface area contributed by atoms with Crippen molar-refractivity contribution in [2.75, 3.05) is 0 Å². The maximum atomic E-state index is 2.25. The predicted molar refractivity (Wildman–Crippen MR) is 57.8 cm³/mol. The van der Waals surface area contributed by atoms with Crippen molar-refractivity contribution in [2.24, 2.45) is 0 Å². The molecular weight excluding hydrogens is 247 g/mol. The van der Waals surface area contributed by atoms with E-state index in [1.54, 1.807) is 0 Å². The first-order valence-electron chi connectivity index (χ1n) is 4.80. The molecule has 0 aromatic heterocycles. The smallest absolute Gasteiger partial charge is 0.333 e. The Balaban J connectivity index is 0.000000212. The second-order valence-corrected chi connectivity index (χ2v) is 3.53. The second kappa shape index (κ2) is 5.56. The predicted octanol–water partition coefficient (Wildman–Crippen LogP) is 3.85. The molecule has 0 amide bonds. The molecule has 14 heavy (non-hydrogen) atoms. The van der Waals surface area contributed by atoms with E-state index in [1.165, 1.54) is 29.2 Å². The summed E-state index contributed by atoms with van der Waals surface area (Å²) in [7, 11) is 0. The normalized spacial score (nSPS) is 12.6. The molecule has 0 nitrogen and oxygen atoms in total. The molecule has 2 aromatic rings. The summed E-state index contributed by atoms with van der Waals surface area (Å²) in [6.07, 6.45) is 5.00. The molecule has 2 aromatic carbocycles. The van der Waals surface area contributed by atoms with Crippen LogP contribution in [0.2, 0.25) is 0 Å². The summed E-state index contributed by atoms with van der Waals surface area (Å²) in [5, 5.41) is 2.69. The summed E-state index contributed by atoms with van der Waals surface area (Å²) in [4.78, 5) is 0. The van der Waals surface area contributed by atoms with E-state index in [0.29, 0.717) is 0 Å². The number of fused-ring (bicyclic) bond motifs is 1. The van der Waals surface area contributed by atoms with Crippen LogP contribution in [0, 0.1) is 13.3 Å². The first-order chi connectivity index (χ1) is 6.36. The second-order valence-electron chi connectivity index (χ2n) is 3.53. The van der Waals surface area contributed by atoms with Gasteiger partial charge >= 0.3 is 26.2 Å². The van der Waals surface area contributed by atoms with Crippen LogP contribution in [0.3, 0.4) is 0 Å². The molecule has 1 saturated carbocycles. The summed E-state index contributed by atoms with van der Waals surface area (Å²) < 4.78 is 0. The molecule has 1 aliphatic carbocycles. The number of benzene rings is 1. The van der Waals surface area contributed by atoms with Crippen LogP contribution in [0.15, 0.2) is 36.4 Å². The third-order valence-corrected chi connectivity index (χ3v) is 2.05. The van der Waals surface area contributed by atoms with E-state index >= 15 is 0 Å². The van der Waals surface area contributed by atoms with Gasteiger partial charge in [0.25, 0.3) is 0 Å². The van der Waals surface area contributed by atoms with Gasteiger partial charge in [0, 0.05) is 0 Å². The average molecular weight is 261 g/mol. The van der Waals surface area contributed by atoms with Gasteiger partial charge in [-0.3, -0.25) is 0 Å². The van der Waals surface area contributed by atoms with Gasteiger partial charge in [-0.2, -0.15) is 6.07 Å². The maximum Gasteiger partial charge on any atom is 2.00 e. The third-order valence-electron chi connectivity index (χ3n) is 2.05. The quantitative estimate of drug-likeness (QED) is 0.632. The van der Waals surface area contributed by atoms with Crippen LogP contribution in [-0.2, 0) is 26.2 Å². The molecule has 0 saturated heterocycles. The number of rotatable bonds is 0. The molecule has 0 N–H and O–H groups in total. The molecule has 0 unspecified atom stereocenters. The summed E-state index contributed by atoms with van der Waals surface area (Å²) in [6.45, 7) is 2.12. The summed E-state index contributed by atoms with van der Waals surface area (Å²) >= 11 is 0. The molecular formula is C13H14Zr. The van der Waals surface area contributed by atoms with Crippen LogP contribution in [0.1, 0.15) is 18.4 Å². The standard InChI is InChI=1S/C10H9.C3H5.Zr/c1-8-6-9-4-2-3-5-10(9)7-8;1-2-3-1;/h2-7H,1H3;1H,2-3H2;/q2*-1;+2. The van der Waals surface area contributed by atoms with E-state index < -0.39 is 0 Å². The van der Waals surface area contributed by atoms with Crippen molar-refractivity contribution in [1.82, 2.24) is 0 Å². The topological polar surface area (TPSA) is 0 Å². The molecule has 3 rings (SSSR count). The first kappa shape index (κ1) is 11.8. The molecule has 0 bridgehead atoms. The summed E-state index contributed by atoms with van der Waals surface area (Å²) in [6, 6.07) is 12.8. The molecule has 0 heterocycles. The van der Waals surface area contributed by atoms with Crippen LogP contribution in [0.4, 0.5) is 0 Å². The van der Waals surface area contributed by atoms with Crippen LogP contribution in [0.25, 0.3) is 10.8 Å². The van der Waals surface area contributed by atoms with Crippen molar-refractivity contribution < 1.29 is 26.2 Å². The minimum Gasteiger partial charge on any atom is -0.333 e. The van der Waals surface area contributed by atoms with Gasteiger partial charge in [-0.15, -0.1) is 40.6 Å². The van der Waals surface area contributed by atoms with E-state index in [4.69, 9.17) is 0 Å². The monoisotopic (exact) mass is 260 g/mol. The summed E-state index contributed by atoms with van der Waals surface area (Å²) in [5.74, 6) is 0. The minimum atomic E-state index is 0. The zero-order valence-electron chi connectivity index (χ0n) is 8.46. The fourth-order valence-corrected chi connectivity index (χ4v) is 1.31. The van der Waals surface area contributed by atoms with Crippen molar-refractivity contribution in [3.63, 3.8) is 0 Å². The maximum absolute atomic E-state index is 2.25. The average Bonchev–Trinajstić information content (AvgIpc) is 2.93. The fraction of sp³-hybridized carbons (Fsp3) is 0.231. The third kappa shape index (κ3) is 3.46. The number of aryl methyl sites for hydroxylation is 1. The van der Waals surface area contributed by atoms with Crippen molar-refractivity contribution in [1.29, 1.82) is 0 Å². The largest absolute Gasteiger partial charge is 2.00 e. The molecule has 0 aliphatic heterocycles. The van der Waals surface area contributed by atoms with E-state index in [-0.39, 0.29) is 26.2 Å². The van der Waals surface area contributed by atoms with Crippen molar-refractivity contribution >= 4 is 10.8 Å². The van der Waals surface area contributed by atoms with Gasteiger partial charge < -0.3 is 6.42 Å². The van der Waals surface area contributed by atoms with Crippen molar-refractivity contribution in [2.45, 2.75) is 19.8 Å². The van der Waals surface area contributed by atoms with E-state index in [0.717, 1.165) is 0 Å². The Morgan fingerprint density at radius 2 is 1.79 bits per heavy atom. The van der Waals surface area contributed by atoms with Crippen LogP contribution >= 0.6 is 0 Å². The van der Waals surface area contributed by atoms with Gasteiger partial charge in [0.15, 0.2) is 0 Å². The van der Waals surface area contributed by atoms with Crippen LogP contribution in [-0.4, -0.2) is 0 Å². The molecule has 1 fully saturated rings. The Morgan fingerprint density at radius 3 is 2.36 bits per heavy atom. The zero-order chi connectivity index (χ0) is 9.10. The first-order valence-corrected chi connectivity index (χ1v) is 4.80. The minimum absolute atomic E-state index is 0. The summed E-state index contributed by atoms with van der Waals surface area (Å²) in [5.41, 5.74) is 1.35. The van der Waals surface area contributed by atoms with Gasteiger partial charge in [-0.25, -0.2) is 12.8 Å². The molecule has 0 atom stereocenters. The molecule has 0 spiro atoms. The van der Waals surface area contributed by atoms with Crippen LogP contribution in [0.5, 0.6) is 0 Å². The van der Waals surface area contributed by atoms with E-state index in [2.05, 4.69) is 49.7 Å². The Morgan fingerprint density at radius 1 is 1.14 bits per heavy atom. The Labute approximate surface area is 105 Å². The molecule has 1 heteroatoms. The van der Waals surface area contributed by atoms with Gasteiger partial charge in [0.2, 0.25) is 0 Å². The fourth-order valence-electron chi connectivity index (χ4n) is 1.31. The molecule has 0 radical (unpaired) electrons. The van der Waals surface area contributed by atoms with Gasteiger partial charge in [0.05, 0.1) is 0 Å². The Hall–Kier alpha value is -0.287. The Bertz CT molecular complexity index is 349. The van der Waals surface area contributed by atoms with Gasteiger partial charge in [0.1, 0.15) is 0 Å². The van der Waals surface area contributed by atoms with E-state index in [9.17, 15) is 0 Å². The number of hydrogen-bond acceptors (Lipinski definition) is 0. The van der Waals surface area contributed by atoms with Crippen molar-refractivity contribution in [3.05, 3.63) is 48.4 Å². The Kier molecular flexibility index (Phi) is 4.68. The van der Waals surface area contributed by atoms with Crippen molar-refractivity contribution in [3.8, 4) is 0 Å². The van der Waals surface area contributed by atoms with Gasteiger partial charge in [-0.05, 0) is 0 Å². The zero-order valence-corrected chi connectivity index (χ0v) is 10.9. The number of hydrogen-bond donors (Lipinski definition) is 0. The molecule has 1 aliphatic rings.